The summed E-state index contributed by atoms with van der Waals surface area (Å²) in [6.07, 6.45) is -1.85. The number of alkyl halides is 6. The van der Waals surface area contributed by atoms with Crippen LogP contribution in [0.2, 0.25) is 0 Å². The van der Waals surface area contributed by atoms with Crippen LogP contribution in [0.4, 0.5) is 42.5 Å². The van der Waals surface area contributed by atoms with Crippen molar-refractivity contribution in [2.24, 2.45) is 23.2 Å². The zero-order valence-electron chi connectivity index (χ0n) is 22.4. The molecule has 4 saturated carbocycles. The van der Waals surface area contributed by atoms with Crippen molar-refractivity contribution >= 4 is 17.4 Å². The van der Waals surface area contributed by atoms with Gasteiger partial charge in [-0.05, 0) is 127 Å². The van der Waals surface area contributed by atoms with Gasteiger partial charge in [-0.1, -0.05) is 12.1 Å². The minimum absolute atomic E-state index is 0.000414. The molecular weight excluding hydrogens is 558 g/mol. The minimum Gasteiger partial charge on any atom is -0.457 e. The number of benzene rings is 3. The van der Waals surface area contributed by atoms with E-state index in [4.69, 9.17) is 4.74 Å². The van der Waals surface area contributed by atoms with Crippen LogP contribution < -0.4 is 15.4 Å². The Hall–Kier alpha value is -3.69. The van der Waals surface area contributed by atoms with Gasteiger partial charge in [-0.3, -0.25) is 0 Å². The zero-order chi connectivity index (χ0) is 29.5. The Kier molecular flexibility index (Phi) is 5.92. The van der Waals surface area contributed by atoms with E-state index in [1.807, 2.05) is 17.4 Å². The molecule has 0 heterocycles. The number of nitrogens with one attached hydrogen (secondary N) is 2. The lowest BCUT2D eigenvalue weighted by Crippen LogP contribution is -2.42. The van der Waals surface area contributed by atoms with Crippen LogP contribution >= 0.6 is 0 Å². The highest BCUT2D eigenvalue weighted by atomic mass is 19.4. The Balaban J connectivity index is 0.984. The van der Waals surface area contributed by atoms with E-state index >= 15 is 0 Å². The number of fused-ring (bicyclic) bond motifs is 2. The molecule has 0 radical (unpaired) electrons. The maximum Gasteiger partial charge on any atom is 0.416 e. The minimum atomic E-state index is -5.01. The molecule has 4 fully saturated rings. The summed E-state index contributed by atoms with van der Waals surface area (Å²) in [7, 11) is 0. The summed E-state index contributed by atoms with van der Waals surface area (Å²) in [6.45, 7) is 0. The predicted molar refractivity (Wildman–Crippen MR) is 144 cm³/mol. The third kappa shape index (κ3) is 4.59. The van der Waals surface area contributed by atoms with E-state index in [9.17, 15) is 31.1 Å². The lowest BCUT2D eigenvalue weighted by molar-refractivity contribution is -0.143. The molecule has 5 unspecified atom stereocenters. The third-order valence-corrected chi connectivity index (χ3v) is 10.1. The average molecular weight is 587 g/mol. The predicted octanol–water partition coefficient (Wildman–Crippen LogP) is 9.63. The number of urea groups is 1. The van der Waals surface area contributed by atoms with Gasteiger partial charge < -0.3 is 15.4 Å². The van der Waals surface area contributed by atoms with Gasteiger partial charge in [0, 0.05) is 11.4 Å². The first-order chi connectivity index (χ1) is 19.8. The summed E-state index contributed by atoms with van der Waals surface area (Å²) >= 11 is 0. The van der Waals surface area contributed by atoms with Crippen molar-refractivity contribution in [2.75, 3.05) is 10.6 Å². The van der Waals surface area contributed by atoms with Gasteiger partial charge >= 0.3 is 18.4 Å². The quantitative estimate of drug-likeness (QED) is 0.293. The molecule has 42 heavy (non-hydrogen) atoms. The molecule has 2 amide bonds. The Morgan fingerprint density at radius 2 is 1.31 bits per heavy atom. The second-order valence-electron chi connectivity index (χ2n) is 12.6. The number of amides is 2. The molecule has 10 heteroatoms. The molecule has 7 rings (SSSR count). The van der Waals surface area contributed by atoms with E-state index in [0.29, 0.717) is 34.5 Å². The number of hydrogen-bond donors (Lipinski definition) is 2. The lowest BCUT2D eigenvalue weighted by Gasteiger charge is -2.49. The van der Waals surface area contributed by atoms with Gasteiger partial charge in [-0.2, -0.15) is 26.3 Å². The molecule has 5 atom stereocenters. The number of carbonyl (C=O) groups excluding carboxylic acids is 1. The largest absolute Gasteiger partial charge is 0.457 e. The van der Waals surface area contributed by atoms with Crippen LogP contribution in [0.25, 0.3) is 0 Å². The smallest absolute Gasteiger partial charge is 0.416 e. The maximum absolute atomic E-state index is 13.1. The van der Waals surface area contributed by atoms with Crippen molar-refractivity contribution in [3.05, 3.63) is 83.4 Å². The van der Waals surface area contributed by atoms with E-state index in [1.165, 1.54) is 56.2 Å². The Morgan fingerprint density at radius 3 is 1.93 bits per heavy atom. The fourth-order valence-corrected chi connectivity index (χ4v) is 8.64. The third-order valence-electron chi connectivity index (χ3n) is 10.1. The second-order valence-corrected chi connectivity index (χ2v) is 12.6. The standard InChI is InChI=1S/C32H28F6N2O2/c33-31(34,35)21-11-22(32(36,37)38)13-25(12-21)40-28(41)39-24-3-7-27(8-4-24)42-26-5-1-19(2-6-26)29-14-18-9-20-10-23(16-29)30(20,15-18)17-29/h1-8,11-13,18,20,23H,9-10,14-17H2,(H2,39,40,41). The summed E-state index contributed by atoms with van der Waals surface area (Å²) in [5, 5.41) is 4.45. The molecule has 3 aromatic rings. The molecule has 1 spiro atoms. The first-order valence-corrected chi connectivity index (χ1v) is 14.1. The van der Waals surface area contributed by atoms with E-state index in [-0.39, 0.29) is 11.8 Å². The second kappa shape index (κ2) is 9.15. The number of anilines is 2. The van der Waals surface area contributed by atoms with Crippen molar-refractivity contribution in [3.8, 4) is 11.5 Å². The normalized spacial score (nSPS) is 29.1. The number of carbonyl (C=O) groups is 1. The summed E-state index contributed by atoms with van der Waals surface area (Å²) in [5.74, 6) is 3.89. The number of rotatable bonds is 5. The van der Waals surface area contributed by atoms with Crippen LogP contribution in [0.15, 0.2) is 66.7 Å². The van der Waals surface area contributed by atoms with Crippen molar-refractivity contribution in [3.63, 3.8) is 0 Å². The van der Waals surface area contributed by atoms with Crippen LogP contribution in [-0.2, 0) is 17.8 Å². The maximum atomic E-state index is 13.1. The summed E-state index contributed by atoms with van der Waals surface area (Å²) in [4.78, 5) is 12.3. The molecule has 4 nitrogen and oxygen atoms in total. The zero-order valence-corrected chi connectivity index (χ0v) is 22.4. The highest BCUT2D eigenvalue weighted by molar-refractivity contribution is 5.99. The number of halogens is 6. The van der Waals surface area contributed by atoms with Gasteiger partial charge in [0.25, 0.3) is 0 Å². The van der Waals surface area contributed by atoms with E-state index in [1.54, 1.807) is 12.1 Å². The lowest BCUT2D eigenvalue weighted by atomic mass is 9.55. The van der Waals surface area contributed by atoms with Crippen molar-refractivity contribution in [1.82, 2.24) is 0 Å². The highest BCUT2D eigenvalue weighted by Gasteiger charge is 2.70. The molecule has 2 N–H and O–H groups in total. The Labute approximate surface area is 238 Å². The summed E-state index contributed by atoms with van der Waals surface area (Å²) < 4.78 is 84.5. The molecule has 0 saturated heterocycles. The first kappa shape index (κ1) is 27.2. The molecule has 3 bridgehead atoms. The highest BCUT2D eigenvalue weighted by Crippen LogP contribution is 2.78. The van der Waals surface area contributed by atoms with E-state index in [2.05, 4.69) is 17.4 Å². The van der Waals surface area contributed by atoms with Gasteiger partial charge in [0.05, 0.1) is 11.1 Å². The topological polar surface area (TPSA) is 50.4 Å². The van der Waals surface area contributed by atoms with Crippen molar-refractivity contribution < 1.29 is 35.9 Å². The fraction of sp³-hybridized carbons (Fsp3) is 0.406. The van der Waals surface area contributed by atoms with E-state index < -0.39 is 35.2 Å². The molecule has 220 valence electrons. The van der Waals surface area contributed by atoms with Crippen LogP contribution in [0.3, 0.4) is 0 Å². The summed E-state index contributed by atoms with van der Waals surface area (Å²) in [6, 6.07) is 14.5. The fourth-order valence-electron chi connectivity index (χ4n) is 8.64. The van der Waals surface area contributed by atoms with Crippen LogP contribution in [-0.4, -0.2) is 6.03 Å². The molecule has 4 aliphatic carbocycles. The molecule has 0 aliphatic heterocycles. The van der Waals surface area contributed by atoms with Crippen LogP contribution in [0.1, 0.15) is 55.2 Å². The van der Waals surface area contributed by atoms with Gasteiger partial charge in [0.15, 0.2) is 0 Å². The number of hydrogen-bond acceptors (Lipinski definition) is 2. The van der Waals surface area contributed by atoms with E-state index in [0.717, 1.165) is 17.8 Å². The molecule has 0 aromatic heterocycles. The van der Waals surface area contributed by atoms with Gasteiger partial charge in [-0.25, -0.2) is 4.79 Å². The van der Waals surface area contributed by atoms with Gasteiger partial charge in [-0.15, -0.1) is 0 Å². The van der Waals surface area contributed by atoms with Crippen molar-refractivity contribution in [1.29, 1.82) is 0 Å². The van der Waals surface area contributed by atoms with Gasteiger partial charge in [0.2, 0.25) is 0 Å². The average Bonchev–Trinajstić information content (AvgIpc) is 3.24. The van der Waals surface area contributed by atoms with Gasteiger partial charge in [0.1, 0.15) is 11.5 Å². The Morgan fingerprint density at radius 1 is 0.714 bits per heavy atom. The monoisotopic (exact) mass is 586 g/mol. The van der Waals surface area contributed by atoms with Crippen LogP contribution in [0.5, 0.6) is 11.5 Å². The summed E-state index contributed by atoms with van der Waals surface area (Å²) in [5.41, 5.74) is -1.08. The number of ether oxygens (including phenoxy) is 1. The first-order valence-electron chi connectivity index (χ1n) is 14.1. The van der Waals surface area contributed by atoms with Crippen molar-refractivity contribution in [2.45, 2.75) is 56.3 Å². The molecule has 4 aliphatic rings. The SMILES string of the molecule is O=C(Nc1ccc(Oc2ccc(C34CC5CC6CC(C3)C6(C5)C4)cc2)cc1)Nc1cc(C(F)(F)F)cc(C(F)(F)F)c1. The molecular formula is C32H28F6N2O2. The van der Waals surface area contributed by atoms with Crippen LogP contribution in [0, 0.1) is 23.2 Å². The Bertz CT molecular complexity index is 1500. The molecule has 3 aromatic carbocycles.